The third-order valence-corrected chi connectivity index (χ3v) is 6.10. The number of anilines is 1. The van der Waals surface area contributed by atoms with Crippen molar-refractivity contribution in [2.45, 2.75) is 4.90 Å². The molecule has 0 atom stereocenters. The summed E-state index contributed by atoms with van der Waals surface area (Å²) < 4.78 is 36.8. The van der Waals surface area contributed by atoms with Gasteiger partial charge >= 0.3 is 0 Å². The number of thiazole rings is 1. The van der Waals surface area contributed by atoms with Gasteiger partial charge in [0.2, 0.25) is 10.0 Å². The van der Waals surface area contributed by atoms with E-state index in [4.69, 9.17) is 9.47 Å². The van der Waals surface area contributed by atoms with Crippen LogP contribution in [0.25, 0.3) is 0 Å². The highest BCUT2D eigenvalue weighted by molar-refractivity contribution is 7.89. The molecule has 0 aliphatic heterocycles. The fourth-order valence-electron chi connectivity index (χ4n) is 2.12. The molecule has 0 radical (unpaired) electrons. The fraction of sp³-hybridized carbons (Fsp3) is 0.375. The molecule has 0 saturated carbocycles. The summed E-state index contributed by atoms with van der Waals surface area (Å²) in [5.74, 6) is -0.348. The van der Waals surface area contributed by atoms with Crippen molar-refractivity contribution in [2.75, 3.05) is 45.8 Å². The molecule has 0 aliphatic rings. The lowest BCUT2D eigenvalue weighted by molar-refractivity contribution is 0.102. The maximum atomic E-state index is 12.8. The molecule has 0 aliphatic carbocycles. The Morgan fingerprint density at radius 3 is 2.27 bits per heavy atom. The highest BCUT2D eigenvalue weighted by Gasteiger charge is 2.24. The average molecular weight is 399 g/mol. The van der Waals surface area contributed by atoms with Crippen LogP contribution in [0.15, 0.2) is 40.7 Å². The van der Waals surface area contributed by atoms with Crippen LogP contribution in [0.1, 0.15) is 10.4 Å². The van der Waals surface area contributed by atoms with E-state index in [1.54, 1.807) is 11.6 Å². The zero-order valence-corrected chi connectivity index (χ0v) is 16.2. The van der Waals surface area contributed by atoms with E-state index in [2.05, 4.69) is 10.3 Å². The maximum Gasteiger partial charge on any atom is 0.257 e. The lowest BCUT2D eigenvalue weighted by Gasteiger charge is -2.21. The van der Waals surface area contributed by atoms with E-state index in [1.807, 2.05) is 0 Å². The summed E-state index contributed by atoms with van der Waals surface area (Å²) in [5, 5.41) is 4.88. The van der Waals surface area contributed by atoms with Crippen LogP contribution in [-0.4, -0.2) is 64.1 Å². The molecule has 0 bridgehead atoms. The number of sulfonamides is 1. The molecule has 0 fully saturated rings. The molecular formula is C16H21N3O5S2. The van der Waals surface area contributed by atoms with Crippen molar-refractivity contribution in [3.8, 4) is 0 Å². The molecule has 1 heterocycles. The average Bonchev–Trinajstić information content (AvgIpc) is 3.14. The second-order valence-electron chi connectivity index (χ2n) is 5.21. The summed E-state index contributed by atoms with van der Waals surface area (Å²) in [7, 11) is -0.685. The van der Waals surface area contributed by atoms with Gasteiger partial charge in [0.05, 0.1) is 18.1 Å². The predicted octanol–water partition coefficient (Wildman–Crippen LogP) is 1.68. The van der Waals surface area contributed by atoms with E-state index in [9.17, 15) is 13.2 Å². The summed E-state index contributed by atoms with van der Waals surface area (Å²) >= 11 is 1.30. The van der Waals surface area contributed by atoms with Crippen LogP contribution in [0.2, 0.25) is 0 Å². The number of nitrogens with zero attached hydrogens (tertiary/aromatic N) is 2. The fourth-order valence-corrected chi connectivity index (χ4v) is 4.05. The smallest absolute Gasteiger partial charge is 0.257 e. The number of nitrogens with one attached hydrogen (secondary N) is 1. The number of hydrogen-bond acceptors (Lipinski definition) is 7. The Bertz CT molecular complexity index is 784. The number of carbonyl (C=O) groups is 1. The number of ether oxygens (including phenoxy) is 2. The largest absolute Gasteiger partial charge is 0.383 e. The van der Waals surface area contributed by atoms with Gasteiger partial charge in [-0.05, 0) is 24.3 Å². The first-order valence-electron chi connectivity index (χ1n) is 7.78. The minimum atomic E-state index is -3.71. The second-order valence-corrected chi connectivity index (χ2v) is 8.04. The Hall–Kier alpha value is -1.85. The predicted molar refractivity (Wildman–Crippen MR) is 99.0 cm³/mol. The van der Waals surface area contributed by atoms with E-state index < -0.39 is 10.0 Å². The number of rotatable bonds is 10. The van der Waals surface area contributed by atoms with Gasteiger partial charge in [-0.2, -0.15) is 4.31 Å². The lowest BCUT2D eigenvalue weighted by atomic mass is 10.2. The van der Waals surface area contributed by atoms with Gasteiger partial charge in [-0.3, -0.25) is 10.1 Å². The number of aromatic nitrogens is 1. The minimum Gasteiger partial charge on any atom is -0.383 e. The summed E-state index contributed by atoms with van der Waals surface area (Å²) in [4.78, 5) is 16.2. The molecule has 10 heteroatoms. The molecule has 0 unspecified atom stereocenters. The van der Waals surface area contributed by atoms with Gasteiger partial charge in [-0.15, -0.1) is 11.3 Å². The van der Waals surface area contributed by atoms with E-state index in [1.165, 1.54) is 54.1 Å². The van der Waals surface area contributed by atoms with Crippen molar-refractivity contribution >= 4 is 32.4 Å². The molecule has 2 aromatic rings. The van der Waals surface area contributed by atoms with Crippen molar-refractivity contribution in [1.29, 1.82) is 0 Å². The molecular weight excluding hydrogens is 378 g/mol. The Morgan fingerprint density at radius 1 is 1.15 bits per heavy atom. The van der Waals surface area contributed by atoms with Gasteiger partial charge in [-0.25, -0.2) is 13.4 Å². The van der Waals surface area contributed by atoms with Crippen LogP contribution in [-0.2, 0) is 19.5 Å². The zero-order valence-electron chi connectivity index (χ0n) is 14.5. The van der Waals surface area contributed by atoms with Gasteiger partial charge < -0.3 is 9.47 Å². The monoisotopic (exact) mass is 399 g/mol. The third kappa shape index (κ3) is 5.32. The van der Waals surface area contributed by atoms with Crippen LogP contribution < -0.4 is 5.32 Å². The number of amides is 1. The van der Waals surface area contributed by atoms with Crippen molar-refractivity contribution in [3.63, 3.8) is 0 Å². The Morgan fingerprint density at radius 2 is 1.77 bits per heavy atom. The van der Waals surface area contributed by atoms with Gasteiger partial charge in [0.25, 0.3) is 5.91 Å². The summed E-state index contributed by atoms with van der Waals surface area (Å²) in [6.45, 7) is 0.984. The van der Waals surface area contributed by atoms with E-state index in [0.717, 1.165) is 0 Å². The topological polar surface area (TPSA) is 97.8 Å². The van der Waals surface area contributed by atoms with Crippen molar-refractivity contribution < 1.29 is 22.7 Å². The molecule has 1 amide bonds. The number of methoxy groups -OCH3 is 2. The van der Waals surface area contributed by atoms with Gasteiger partial charge in [0.15, 0.2) is 5.13 Å². The Balaban J connectivity index is 2.14. The highest BCUT2D eigenvalue weighted by Crippen LogP contribution is 2.18. The summed E-state index contributed by atoms with van der Waals surface area (Å²) in [6, 6.07) is 5.78. The maximum absolute atomic E-state index is 12.8. The third-order valence-electron chi connectivity index (χ3n) is 3.50. The minimum absolute atomic E-state index is 0.107. The van der Waals surface area contributed by atoms with E-state index in [0.29, 0.717) is 10.7 Å². The van der Waals surface area contributed by atoms with Crippen molar-refractivity contribution in [3.05, 3.63) is 41.4 Å². The second kappa shape index (κ2) is 9.74. The molecule has 0 saturated heterocycles. The van der Waals surface area contributed by atoms with Gasteiger partial charge in [0.1, 0.15) is 0 Å². The summed E-state index contributed by atoms with van der Waals surface area (Å²) in [6.07, 6.45) is 1.59. The highest BCUT2D eigenvalue weighted by atomic mass is 32.2. The SMILES string of the molecule is COCCN(CCOC)S(=O)(=O)c1ccc(C(=O)Nc2nccs2)cc1. The van der Waals surface area contributed by atoms with Crippen LogP contribution in [0.5, 0.6) is 0 Å². The van der Waals surface area contributed by atoms with Crippen LogP contribution >= 0.6 is 11.3 Å². The first-order chi connectivity index (χ1) is 12.5. The summed E-state index contributed by atoms with van der Waals surface area (Å²) in [5.41, 5.74) is 0.347. The molecule has 8 nitrogen and oxygen atoms in total. The quantitative estimate of drug-likeness (QED) is 0.653. The lowest BCUT2D eigenvalue weighted by Crippen LogP contribution is -2.36. The first kappa shape index (κ1) is 20.5. The molecule has 0 spiro atoms. The number of hydrogen-bond donors (Lipinski definition) is 1. The normalized spacial score (nSPS) is 11.7. The van der Waals surface area contributed by atoms with Crippen molar-refractivity contribution in [2.24, 2.45) is 0 Å². The molecule has 142 valence electrons. The Labute approximate surface area is 156 Å². The molecule has 1 aromatic heterocycles. The van der Waals surface area contributed by atoms with Crippen LogP contribution in [0.3, 0.4) is 0 Å². The molecule has 26 heavy (non-hydrogen) atoms. The van der Waals surface area contributed by atoms with Gasteiger partial charge in [-0.1, -0.05) is 0 Å². The molecule has 1 aromatic carbocycles. The van der Waals surface area contributed by atoms with Crippen LogP contribution in [0.4, 0.5) is 5.13 Å². The van der Waals surface area contributed by atoms with Crippen molar-refractivity contribution in [1.82, 2.24) is 9.29 Å². The molecule has 1 N–H and O–H groups in total. The number of carbonyl (C=O) groups excluding carboxylic acids is 1. The van der Waals surface area contributed by atoms with E-state index in [-0.39, 0.29) is 37.1 Å². The van der Waals surface area contributed by atoms with E-state index >= 15 is 0 Å². The number of benzene rings is 1. The first-order valence-corrected chi connectivity index (χ1v) is 10.1. The van der Waals surface area contributed by atoms with Gasteiger partial charge in [0, 0.05) is 44.4 Å². The standard InChI is InChI=1S/C16H21N3O5S2/c1-23-10-8-19(9-11-24-2)26(21,22)14-5-3-13(4-6-14)15(20)18-16-17-7-12-25-16/h3-7,12H,8-11H2,1-2H3,(H,17,18,20). The Kier molecular flexibility index (Phi) is 7.66. The van der Waals surface area contributed by atoms with Crippen LogP contribution in [0, 0.1) is 0 Å². The molecule has 2 rings (SSSR count). The zero-order chi connectivity index (χ0) is 19.0.